The number of hydroxylamine groups is 1. The lowest BCUT2D eigenvalue weighted by Gasteiger charge is -2.25. The summed E-state index contributed by atoms with van der Waals surface area (Å²) in [5, 5.41) is 20.3. The zero-order valence-electron chi connectivity index (χ0n) is 16.0. The van der Waals surface area contributed by atoms with Gasteiger partial charge in [0.2, 0.25) is 0 Å². The molecule has 5 amide bonds. The summed E-state index contributed by atoms with van der Waals surface area (Å²) in [5.41, 5.74) is 9.82. The van der Waals surface area contributed by atoms with Gasteiger partial charge in [-0.15, -0.1) is 5.10 Å². The monoisotopic (exact) mass is 408 g/mol. The van der Waals surface area contributed by atoms with Crippen LogP contribution < -0.4 is 22.0 Å². The Hall–Kier alpha value is -3.32. The smallest absolute Gasteiger partial charge is 0.312 e. The minimum atomic E-state index is -0.888. The van der Waals surface area contributed by atoms with Gasteiger partial charge in [0, 0.05) is 18.7 Å². The van der Waals surface area contributed by atoms with E-state index in [2.05, 4.69) is 21.1 Å². The zero-order chi connectivity index (χ0) is 21.6. The number of hydrogen-bond acceptors (Lipinski definition) is 8. The van der Waals surface area contributed by atoms with Gasteiger partial charge in [0.1, 0.15) is 11.7 Å². The van der Waals surface area contributed by atoms with Crippen LogP contribution in [0.3, 0.4) is 0 Å². The number of hydrazine groups is 1. The van der Waals surface area contributed by atoms with Crippen molar-refractivity contribution in [1.82, 2.24) is 36.2 Å². The van der Waals surface area contributed by atoms with Gasteiger partial charge in [-0.3, -0.25) is 19.6 Å². The first-order valence-electron chi connectivity index (χ1n) is 8.95. The van der Waals surface area contributed by atoms with Gasteiger partial charge in [0.15, 0.2) is 0 Å². The van der Waals surface area contributed by atoms with Crippen LogP contribution in [-0.4, -0.2) is 55.5 Å². The summed E-state index contributed by atoms with van der Waals surface area (Å²) >= 11 is 0. The molecule has 0 saturated carbocycles. The maximum absolute atomic E-state index is 12.0. The third-order valence-electron chi connectivity index (χ3n) is 4.28. The molecule has 2 rings (SSSR count). The number of nitrogens with zero attached hydrogens (tertiary/aromatic N) is 4. The van der Waals surface area contributed by atoms with Crippen molar-refractivity contribution in [3.8, 4) is 0 Å². The van der Waals surface area contributed by atoms with E-state index in [9.17, 15) is 19.2 Å². The third-order valence-corrected chi connectivity index (χ3v) is 4.28. The van der Waals surface area contributed by atoms with Gasteiger partial charge in [-0.2, -0.15) is 0 Å². The molecule has 158 valence electrons. The molecule has 1 aromatic heterocycles. The van der Waals surface area contributed by atoms with Crippen molar-refractivity contribution in [2.24, 2.45) is 11.7 Å². The summed E-state index contributed by atoms with van der Waals surface area (Å²) < 4.78 is 1.27. The molecule has 0 aliphatic carbocycles. The first-order valence-corrected chi connectivity index (χ1v) is 8.95. The van der Waals surface area contributed by atoms with Crippen LogP contribution in [0.15, 0.2) is 18.3 Å². The lowest BCUT2D eigenvalue weighted by molar-refractivity contribution is -0.141. The van der Waals surface area contributed by atoms with Crippen molar-refractivity contribution in [2.45, 2.75) is 38.8 Å². The van der Waals surface area contributed by atoms with Gasteiger partial charge in [0.05, 0.1) is 12.2 Å². The molecule has 2 heterocycles. The summed E-state index contributed by atoms with van der Waals surface area (Å²) in [6, 6.07) is -2.10. The van der Waals surface area contributed by atoms with Crippen molar-refractivity contribution in [3.05, 3.63) is 24.0 Å². The van der Waals surface area contributed by atoms with Crippen LogP contribution in [0.25, 0.3) is 0 Å². The van der Waals surface area contributed by atoms with Crippen molar-refractivity contribution in [1.29, 1.82) is 0 Å². The molecule has 29 heavy (non-hydrogen) atoms. The second-order valence-electron chi connectivity index (χ2n) is 6.74. The van der Waals surface area contributed by atoms with Crippen LogP contribution in [0.1, 0.15) is 44.5 Å². The first-order chi connectivity index (χ1) is 13.7. The molecule has 6 N–H and O–H groups in total. The summed E-state index contributed by atoms with van der Waals surface area (Å²) in [6.45, 7) is 3.97. The topological polar surface area (TPSA) is 185 Å². The number of urea groups is 1. The van der Waals surface area contributed by atoms with Crippen LogP contribution >= 0.6 is 0 Å². The fraction of sp³-hybridized carbons (Fsp3) is 0.500. The average molecular weight is 408 g/mol. The Bertz CT molecular complexity index is 787. The number of nitrogens with two attached hydrogens (primary N) is 1. The van der Waals surface area contributed by atoms with Crippen LogP contribution in [0, 0.1) is 5.92 Å². The highest BCUT2D eigenvalue weighted by Gasteiger charge is 2.30. The molecule has 1 aliphatic heterocycles. The number of aromatic nitrogens is 3. The average Bonchev–Trinajstić information content (AvgIpc) is 3.26. The van der Waals surface area contributed by atoms with E-state index in [0.717, 1.165) is 17.2 Å². The Morgan fingerprint density at radius 3 is 2.45 bits per heavy atom. The lowest BCUT2D eigenvalue weighted by Crippen LogP contribution is -2.46. The highest BCUT2D eigenvalue weighted by Crippen LogP contribution is 2.23. The molecular formula is C16H24N8O5. The van der Waals surface area contributed by atoms with Crippen LogP contribution in [0.5, 0.6) is 0 Å². The van der Waals surface area contributed by atoms with Gasteiger partial charge in [-0.25, -0.2) is 25.4 Å². The van der Waals surface area contributed by atoms with Gasteiger partial charge < -0.3 is 11.1 Å². The standard InChI is InChI=1S/C16H24N8O5/c1-9(2)14(20-24-12(25)5-6-13(24)26)10-8-23(22-19-10)11(15(27)21-29)4-3-7-18-16(17)28/h5-6,8-9,11,14,20,29H,3-4,7H2,1-2H3,(H,21,27)(H3,17,18,28)/t11-,14-/m0/s1. The van der Waals surface area contributed by atoms with E-state index in [1.165, 1.54) is 10.9 Å². The summed E-state index contributed by atoms with van der Waals surface area (Å²) in [6.07, 6.45) is 4.45. The summed E-state index contributed by atoms with van der Waals surface area (Å²) in [7, 11) is 0. The third kappa shape index (κ3) is 5.58. The lowest BCUT2D eigenvalue weighted by atomic mass is 10.0. The number of nitrogens with one attached hydrogen (secondary N) is 3. The SMILES string of the molecule is CC(C)[C@H](NN1C(=O)C=CC1=O)c1cn([C@@H](CCCNC(N)=O)C(=O)NO)nn1. The van der Waals surface area contributed by atoms with Gasteiger partial charge in [0.25, 0.3) is 17.7 Å². The predicted molar refractivity (Wildman–Crippen MR) is 97.5 cm³/mol. The summed E-state index contributed by atoms with van der Waals surface area (Å²) in [5.74, 6) is -1.77. The van der Waals surface area contributed by atoms with Crippen LogP contribution in [0.4, 0.5) is 4.79 Å². The Balaban J connectivity index is 2.14. The van der Waals surface area contributed by atoms with Crippen molar-refractivity contribution in [2.75, 3.05) is 6.54 Å². The quantitative estimate of drug-likeness (QED) is 0.140. The molecule has 0 unspecified atom stereocenters. The van der Waals surface area contributed by atoms with Gasteiger partial charge in [-0.05, 0) is 18.8 Å². The minimum Gasteiger partial charge on any atom is -0.352 e. The Labute approximate surface area is 166 Å². The van der Waals surface area contributed by atoms with Crippen molar-refractivity contribution < 1.29 is 24.4 Å². The molecule has 0 fully saturated rings. The van der Waals surface area contributed by atoms with E-state index >= 15 is 0 Å². The van der Waals surface area contributed by atoms with E-state index < -0.39 is 35.8 Å². The molecule has 1 aliphatic rings. The number of rotatable bonds is 10. The Kier molecular flexibility index (Phi) is 7.39. The molecule has 0 radical (unpaired) electrons. The molecule has 2 atom stereocenters. The molecule has 0 spiro atoms. The largest absolute Gasteiger partial charge is 0.352 e. The Morgan fingerprint density at radius 1 is 1.24 bits per heavy atom. The molecule has 13 nitrogen and oxygen atoms in total. The second kappa shape index (κ2) is 9.75. The first kappa shape index (κ1) is 22.0. The highest BCUT2D eigenvalue weighted by atomic mass is 16.5. The van der Waals surface area contributed by atoms with E-state index in [4.69, 9.17) is 10.9 Å². The Morgan fingerprint density at radius 2 is 1.90 bits per heavy atom. The van der Waals surface area contributed by atoms with Gasteiger partial charge >= 0.3 is 6.03 Å². The maximum Gasteiger partial charge on any atom is 0.312 e. The molecule has 1 aromatic rings. The minimum absolute atomic E-state index is 0.0776. The van der Waals surface area contributed by atoms with Crippen molar-refractivity contribution >= 4 is 23.8 Å². The number of hydrogen-bond donors (Lipinski definition) is 5. The van der Waals surface area contributed by atoms with E-state index in [0.29, 0.717) is 12.1 Å². The second-order valence-corrected chi connectivity index (χ2v) is 6.74. The molecule has 13 heteroatoms. The fourth-order valence-corrected chi connectivity index (χ4v) is 2.77. The van der Waals surface area contributed by atoms with Crippen molar-refractivity contribution in [3.63, 3.8) is 0 Å². The molecule has 0 saturated heterocycles. The maximum atomic E-state index is 12.0. The van der Waals surface area contributed by atoms with Crippen LogP contribution in [0.2, 0.25) is 0 Å². The fourth-order valence-electron chi connectivity index (χ4n) is 2.77. The number of amides is 5. The number of imide groups is 1. The van der Waals surface area contributed by atoms with Crippen LogP contribution in [-0.2, 0) is 14.4 Å². The number of carbonyl (C=O) groups excluding carboxylic acids is 4. The summed E-state index contributed by atoms with van der Waals surface area (Å²) in [4.78, 5) is 46.4. The zero-order valence-corrected chi connectivity index (χ0v) is 16.0. The molecule has 0 bridgehead atoms. The number of carbonyl (C=O) groups is 4. The van der Waals surface area contributed by atoms with E-state index in [1.54, 1.807) is 5.48 Å². The predicted octanol–water partition coefficient (Wildman–Crippen LogP) is -1.10. The highest BCUT2D eigenvalue weighted by molar-refractivity contribution is 6.12. The number of primary amides is 1. The normalized spacial score (nSPS) is 15.7. The van der Waals surface area contributed by atoms with Gasteiger partial charge in [-0.1, -0.05) is 19.1 Å². The molecule has 0 aromatic carbocycles. The molecular weight excluding hydrogens is 384 g/mol. The van der Waals surface area contributed by atoms with E-state index in [-0.39, 0.29) is 18.9 Å². The van der Waals surface area contributed by atoms with E-state index in [1.807, 2.05) is 13.8 Å².